The van der Waals surface area contributed by atoms with E-state index >= 15 is 0 Å². The molecule has 1 aliphatic rings. The molecular weight excluding hydrogens is 226 g/mol. The fourth-order valence-electron chi connectivity index (χ4n) is 2.25. The molecule has 1 rings (SSSR count). The third kappa shape index (κ3) is 4.80. The molecule has 0 radical (unpaired) electrons. The van der Waals surface area contributed by atoms with Crippen LogP contribution in [0.4, 0.5) is 0 Å². The molecule has 0 aromatic carbocycles. The molecule has 1 heterocycles. The van der Waals surface area contributed by atoms with Crippen molar-refractivity contribution in [3.63, 3.8) is 0 Å². The Morgan fingerprint density at radius 3 is 2.62 bits per heavy atom. The van der Waals surface area contributed by atoms with Gasteiger partial charge in [0.25, 0.3) is 0 Å². The normalized spacial score (nSPS) is 28.2. The summed E-state index contributed by atoms with van der Waals surface area (Å²) in [5.74, 6) is 0.634. The summed E-state index contributed by atoms with van der Waals surface area (Å²) in [5, 5.41) is 9.13. The predicted molar refractivity (Wildman–Crippen MR) is 65.2 cm³/mol. The highest BCUT2D eigenvalue weighted by Crippen LogP contribution is 2.21. The maximum Gasteiger partial charge on any atom is 0.147 e. The third-order valence-electron chi connectivity index (χ3n) is 3.33. The van der Waals surface area contributed by atoms with Crippen molar-refractivity contribution < 1.29 is 13.5 Å². The van der Waals surface area contributed by atoms with Gasteiger partial charge in [-0.15, -0.1) is 0 Å². The molecule has 5 heteroatoms. The molecule has 1 N–H and O–H groups in total. The van der Waals surface area contributed by atoms with Crippen LogP contribution in [-0.4, -0.2) is 56.2 Å². The lowest BCUT2D eigenvalue weighted by Crippen LogP contribution is -2.43. The summed E-state index contributed by atoms with van der Waals surface area (Å²) < 4.78 is 22.0. The van der Waals surface area contributed by atoms with Crippen LogP contribution in [0.2, 0.25) is 0 Å². The SMILES string of the molecule is CC1CCC(CO)CN1CCCS(C)(=O)=O. The first kappa shape index (κ1) is 13.9. The maximum atomic E-state index is 11.0. The number of sulfone groups is 1. The minimum Gasteiger partial charge on any atom is -0.396 e. The number of hydrogen-bond donors (Lipinski definition) is 1. The van der Waals surface area contributed by atoms with Crippen LogP contribution in [0.15, 0.2) is 0 Å². The number of likely N-dealkylation sites (tertiary alicyclic amines) is 1. The van der Waals surface area contributed by atoms with Crippen molar-refractivity contribution in [2.24, 2.45) is 5.92 Å². The highest BCUT2D eigenvalue weighted by molar-refractivity contribution is 7.90. The first-order valence-corrected chi connectivity index (χ1v) is 8.01. The minimum atomic E-state index is -2.84. The molecule has 16 heavy (non-hydrogen) atoms. The Morgan fingerprint density at radius 2 is 2.06 bits per heavy atom. The van der Waals surface area contributed by atoms with Crippen molar-refractivity contribution in [2.45, 2.75) is 32.2 Å². The number of nitrogens with zero attached hydrogens (tertiary/aromatic N) is 1. The summed E-state index contributed by atoms with van der Waals surface area (Å²) in [6.07, 6.45) is 4.16. The molecule has 1 aliphatic heterocycles. The van der Waals surface area contributed by atoms with Gasteiger partial charge in [0.2, 0.25) is 0 Å². The van der Waals surface area contributed by atoms with E-state index in [1.54, 1.807) is 0 Å². The van der Waals surface area contributed by atoms with Gasteiger partial charge < -0.3 is 10.0 Å². The average Bonchev–Trinajstić information content (AvgIpc) is 2.19. The molecule has 0 saturated carbocycles. The van der Waals surface area contributed by atoms with Gasteiger partial charge in [0, 0.05) is 25.4 Å². The molecular formula is C11H23NO3S. The standard InChI is InChI=1S/C11H23NO3S/c1-10-4-5-11(9-13)8-12(10)6-3-7-16(2,14)15/h10-11,13H,3-9H2,1-2H3. The van der Waals surface area contributed by atoms with E-state index in [0.717, 1.165) is 25.9 Å². The van der Waals surface area contributed by atoms with Crippen LogP contribution in [0, 0.1) is 5.92 Å². The minimum absolute atomic E-state index is 0.245. The quantitative estimate of drug-likeness (QED) is 0.771. The molecule has 0 bridgehead atoms. The molecule has 4 nitrogen and oxygen atoms in total. The van der Waals surface area contributed by atoms with Gasteiger partial charge in [-0.05, 0) is 38.6 Å². The smallest absolute Gasteiger partial charge is 0.147 e. The first-order chi connectivity index (χ1) is 7.42. The van der Waals surface area contributed by atoms with Gasteiger partial charge >= 0.3 is 0 Å². The van der Waals surface area contributed by atoms with E-state index in [9.17, 15) is 8.42 Å². The summed E-state index contributed by atoms with van der Waals surface area (Å²) in [6, 6.07) is 0.516. The van der Waals surface area contributed by atoms with Gasteiger partial charge in [0.15, 0.2) is 0 Å². The van der Waals surface area contributed by atoms with Crippen molar-refractivity contribution in [3.05, 3.63) is 0 Å². The molecule has 0 aromatic heterocycles. The van der Waals surface area contributed by atoms with Crippen molar-refractivity contribution in [2.75, 3.05) is 31.7 Å². The lowest BCUT2D eigenvalue weighted by Gasteiger charge is -2.37. The second kappa shape index (κ2) is 5.98. The van der Waals surface area contributed by atoms with E-state index in [0.29, 0.717) is 18.4 Å². The monoisotopic (exact) mass is 249 g/mol. The van der Waals surface area contributed by atoms with E-state index in [2.05, 4.69) is 11.8 Å². The van der Waals surface area contributed by atoms with Crippen LogP contribution in [0.1, 0.15) is 26.2 Å². The zero-order chi connectivity index (χ0) is 12.2. The Labute approximate surface area is 98.6 Å². The van der Waals surface area contributed by atoms with E-state index in [1.165, 1.54) is 6.26 Å². The van der Waals surface area contributed by atoms with Crippen molar-refractivity contribution in [3.8, 4) is 0 Å². The van der Waals surface area contributed by atoms with Gasteiger partial charge in [-0.1, -0.05) is 0 Å². The molecule has 0 amide bonds. The second-order valence-electron chi connectivity index (χ2n) is 4.95. The summed E-state index contributed by atoms with van der Waals surface area (Å²) in [5.41, 5.74) is 0. The number of rotatable bonds is 5. The topological polar surface area (TPSA) is 57.6 Å². The number of hydrogen-bond acceptors (Lipinski definition) is 4. The van der Waals surface area contributed by atoms with Crippen LogP contribution in [-0.2, 0) is 9.84 Å². The van der Waals surface area contributed by atoms with Crippen molar-refractivity contribution in [1.29, 1.82) is 0 Å². The number of piperidine rings is 1. The Balaban J connectivity index is 2.34. The molecule has 0 spiro atoms. The maximum absolute atomic E-state index is 11.0. The predicted octanol–water partition coefficient (Wildman–Crippen LogP) is 0.514. The molecule has 2 unspecified atom stereocenters. The highest BCUT2D eigenvalue weighted by Gasteiger charge is 2.24. The van der Waals surface area contributed by atoms with Gasteiger partial charge in [0.05, 0.1) is 5.75 Å². The molecule has 2 atom stereocenters. The third-order valence-corrected chi connectivity index (χ3v) is 4.36. The van der Waals surface area contributed by atoms with Gasteiger partial charge in [0.1, 0.15) is 9.84 Å². The van der Waals surface area contributed by atoms with Crippen LogP contribution in [0.5, 0.6) is 0 Å². The molecule has 96 valence electrons. The zero-order valence-electron chi connectivity index (χ0n) is 10.2. The first-order valence-electron chi connectivity index (χ1n) is 5.95. The lowest BCUT2D eigenvalue weighted by molar-refractivity contribution is 0.0831. The van der Waals surface area contributed by atoms with Crippen molar-refractivity contribution in [1.82, 2.24) is 4.90 Å². The number of aliphatic hydroxyl groups excluding tert-OH is 1. The summed E-state index contributed by atoms with van der Waals surface area (Å²) >= 11 is 0. The van der Waals surface area contributed by atoms with Gasteiger partial charge in [-0.2, -0.15) is 0 Å². The number of aliphatic hydroxyl groups is 1. The largest absolute Gasteiger partial charge is 0.396 e. The Hall–Kier alpha value is -0.130. The fraction of sp³-hybridized carbons (Fsp3) is 1.00. The van der Waals surface area contributed by atoms with Gasteiger partial charge in [-0.25, -0.2) is 8.42 Å². The zero-order valence-corrected chi connectivity index (χ0v) is 11.0. The summed E-state index contributed by atoms with van der Waals surface area (Å²) in [6.45, 7) is 4.15. The van der Waals surface area contributed by atoms with Crippen LogP contribution < -0.4 is 0 Å². The average molecular weight is 249 g/mol. The lowest BCUT2D eigenvalue weighted by atomic mass is 9.94. The van der Waals surface area contributed by atoms with Crippen molar-refractivity contribution >= 4 is 9.84 Å². The van der Waals surface area contributed by atoms with Crippen LogP contribution in [0.3, 0.4) is 0 Å². The molecule has 1 fully saturated rings. The Morgan fingerprint density at radius 1 is 1.38 bits per heavy atom. The van der Waals surface area contributed by atoms with Crippen LogP contribution >= 0.6 is 0 Å². The van der Waals surface area contributed by atoms with E-state index in [4.69, 9.17) is 5.11 Å². The second-order valence-corrected chi connectivity index (χ2v) is 7.21. The summed E-state index contributed by atoms with van der Waals surface area (Å²) in [4.78, 5) is 2.30. The van der Waals surface area contributed by atoms with Crippen LogP contribution in [0.25, 0.3) is 0 Å². The van der Waals surface area contributed by atoms with E-state index in [1.807, 2.05) is 0 Å². The molecule has 1 saturated heterocycles. The van der Waals surface area contributed by atoms with Gasteiger partial charge in [-0.3, -0.25) is 0 Å². The Kier molecular flexibility index (Phi) is 5.21. The van der Waals surface area contributed by atoms with E-state index in [-0.39, 0.29) is 12.4 Å². The highest BCUT2D eigenvalue weighted by atomic mass is 32.2. The fourth-order valence-corrected chi connectivity index (χ4v) is 2.91. The summed E-state index contributed by atoms with van der Waals surface area (Å²) in [7, 11) is -2.84. The Bertz CT molecular complexity index is 302. The molecule has 0 aliphatic carbocycles. The molecule has 0 aromatic rings. The van der Waals surface area contributed by atoms with E-state index < -0.39 is 9.84 Å².